The zero-order chi connectivity index (χ0) is 13.2. The van der Waals surface area contributed by atoms with Crippen molar-refractivity contribution in [2.75, 3.05) is 0 Å². The second kappa shape index (κ2) is 5.35. The summed E-state index contributed by atoms with van der Waals surface area (Å²) in [7, 11) is 0. The van der Waals surface area contributed by atoms with Crippen molar-refractivity contribution in [3.63, 3.8) is 0 Å². The number of rotatable bonds is 5. The Morgan fingerprint density at radius 2 is 2.11 bits per heavy atom. The van der Waals surface area contributed by atoms with Crippen molar-refractivity contribution < 1.29 is 8.78 Å². The highest BCUT2D eigenvalue weighted by atomic mass is 32.1. The summed E-state index contributed by atoms with van der Waals surface area (Å²) in [6.45, 7) is 1.25. The van der Waals surface area contributed by atoms with Crippen LogP contribution >= 0.6 is 11.3 Å². The molecule has 0 amide bonds. The highest BCUT2D eigenvalue weighted by Gasteiger charge is 2.30. The molecule has 0 aliphatic heterocycles. The molecule has 1 aromatic carbocycles. The molecule has 0 atom stereocenters. The van der Waals surface area contributed by atoms with Gasteiger partial charge in [-0.2, -0.15) is 0 Å². The Bertz CT molecular complexity index is 553. The third kappa shape index (κ3) is 3.16. The van der Waals surface area contributed by atoms with E-state index < -0.39 is 11.6 Å². The van der Waals surface area contributed by atoms with Crippen LogP contribution in [0.2, 0.25) is 0 Å². The second-order valence-corrected chi connectivity index (χ2v) is 5.78. The van der Waals surface area contributed by atoms with E-state index in [4.69, 9.17) is 0 Å². The van der Waals surface area contributed by atoms with E-state index in [2.05, 4.69) is 9.88 Å². The SMILES string of the molecule is Fc1ccc(CN(Cc2nccs2)C2CC2)c(F)c1. The molecule has 100 valence electrons. The third-order valence-electron chi connectivity index (χ3n) is 3.27. The zero-order valence-corrected chi connectivity index (χ0v) is 11.2. The van der Waals surface area contributed by atoms with Crippen LogP contribution in [0.15, 0.2) is 29.8 Å². The first-order chi connectivity index (χ1) is 9.22. The van der Waals surface area contributed by atoms with Crippen LogP contribution in [0.5, 0.6) is 0 Å². The fourth-order valence-corrected chi connectivity index (χ4v) is 2.77. The van der Waals surface area contributed by atoms with Crippen LogP contribution < -0.4 is 0 Å². The summed E-state index contributed by atoms with van der Waals surface area (Å²) in [5, 5.41) is 2.98. The summed E-state index contributed by atoms with van der Waals surface area (Å²) in [5.41, 5.74) is 0.546. The molecule has 0 N–H and O–H groups in total. The van der Waals surface area contributed by atoms with Gasteiger partial charge >= 0.3 is 0 Å². The van der Waals surface area contributed by atoms with Crippen LogP contribution in [0, 0.1) is 11.6 Å². The molecule has 1 fully saturated rings. The van der Waals surface area contributed by atoms with Gasteiger partial charge in [0, 0.05) is 35.8 Å². The summed E-state index contributed by atoms with van der Waals surface area (Å²) in [5.74, 6) is -0.996. The molecule has 19 heavy (non-hydrogen) atoms. The average molecular weight is 280 g/mol. The van der Waals surface area contributed by atoms with Crippen LogP contribution in [0.25, 0.3) is 0 Å². The maximum absolute atomic E-state index is 13.7. The van der Waals surface area contributed by atoms with Gasteiger partial charge in [-0.1, -0.05) is 6.07 Å². The van der Waals surface area contributed by atoms with Crippen molar-refractivity contribution in [2.45, 2.75) is 32.0 Å². The van der Waals surface area contributed by atoms with Crippen molar-refractivity contribution in [1.29, 1.82) is 0 Å². The van der Waals surface area contributed by atoms with E-state index in [1.165, 1.54) is 12.1 Å². The number of hydrogen-bond acceptors (Lipinski definition) is 3. The minimum absolute atomic E-state index is 0.468. The lowest BCUT2D eigenvalue weighted by atomic mass is 10.2. The van der Waals surface area contributed by atoms with Gasteiger partial charge < -0.3 is 0 Å². The van der Waals surface area contributed by atoms with E-state index in [1.54, 1.807) is 17.5 Å². The van der Waals surface area contributed by atoms with Gasteiger partial charge in [0.1, 0.15) is 16.6 Å². The number of nitrogens with zero attached hydrogens (tertiary/aromatic N) is 2. The minimum atomic E-state index is -0.529. The molecule has 0 radical (unpaired) electrons. The van der Waals surface area contributed by atoms with Gasteiger partial charge in [-0.3, -0.25) is 4.90 Å². The Kier molecular flexibility index (Phi) is 3.57. The van der Waals surface area contributed by atoms with E-state index in [0.29, 0.717) is 18.2 Å². The molecule has 0 saturated heterocycles. The molecule has 1 saturated carbocycles. The first kappa shape index (κ1) is 12.7. The molecule has 5 heteroatoms. The van der Waals surface area contributed by atoms with Gasteiger partial charge in [0.05, 0.1) is 6.54 Å². The summed E-state index contributed by atoms with van der Waals surface area (Å²) < 4.78 is 26.6. The van der Waals surface area contributed by atoms with E-state index in [1.807, 2.05) is 5.38 Å². The van der Waals surface area contributed by atoms with E-state index in [0.717, 1.165) is 30.5 Å². The number of aromatic nitrogens is 1. The average Bonchev–Trinajstić information content (AvgIpc) is 3.10. The lowest BCUT2D eigenvalue weighted by Gasteiger charge is -2.21. The molecule has 1 heterocycles. The van der Waals surface area contributed by atoms with Crippen molar-refractivity contribution in [2.24, 2.45) is 0 Å². The van der Waals surface area contributed by atoms with Crippen molar-refractivity contribution >= 4 is 11.3 Å². The smallest absolute Gasteiger partial charge is 0.130 e. The maximum atomic E-state index is 13.7. The topological polar surface area (TPSA) is 16.1 Å². The van der Waals surface area contributed by atoms with Gasteiger partial charge in [-0.05, 0) is 18.9 Å². The van der Waals surface area contributed by atoms with Gasteiger partial charge in [0.2, 0.25) is 0 Å². The molecule has 0 unspecified atom stereocenters. The van der Waals surface area contributed by atoms with Crippen molar-refractivity contribution in [1.82, 2.24) is 9.88 Å². The van der Waals surface area contributed by atoms with E-state index >= 15 is 0 Å². The first-order valence-corrected chi connectivity index (χ1v) is 7.16. The Balaban J connectivity index is 1.74. The molecule has 0 spiro atoms. The standard InChI is InChI=1S/C14H14F2N2S/c15-11-2-1-10(13(16)7-11)8-18(12-3-4-12)9-14-17-5-6-19-14/h1-2,5-7,12H,3-4,8-9H2. The lowest BCUT2D eigenvalue weighted by molar-refractivity contribution is 0.242. The zero-order valence-electron chi connectivity index (χ0n) is 10.4. The number of benzene rings is 1. The van der Waals surface area contributed by atoms with Crippen LogP contribution in [0.1, 0.15) is 23.4 Å². The molecule has 1 aromatic heterocycles. The fraction of sp³-hybridized carbons (Fsp3) is 0.357. The Labute approximate surface area is 114 Å². The Hall–Kier alpha value is -1.33. The highest BCUT2D eigenvalue weighted by molar-refractivity contribution is 7.09. The molecule has 0 bridgehead atoms. The van der Waals surface area contributed by atoms with Gasteiger partial charge in [-0.15, -0.1) is 11.3 Å². The van der Waals surface area contributed by atoms with Gasteiger partial charge in [-0.25, -0.2) is 13.8 Å². The fourth-order valence-electron chi connectivity index (χ4n) is 2.13. The van der Waals surface area contributed by atoms with Crippen LogP contribution in [-0.2, 0) is 13.1 Å². The second-order valence-electron chi connectivity index (χ2n) is 4.80. The summed E-state index contributed by atoms with van der Waals surface area (Å²) in [6, 6.07) is 4.30. The van der Waals surface area contributed by atoms with Gasteiger partial charge in [0.25, 0.3) is 0 Å². The first-order valence-electron chi connectivity index (χ1n) is 6.29. The molecule has 1 aliphatic carbocycles. The largest absolute Gasteiger partial charge is 0.289 e. The Morgan fingerprint density at radius 1 is 1.26 bits per heavy atom. The summed E-state index contributed by atoms with van der Waals surface area (Å²) in [6.07, 6.45) is 4.08. The number of hydrogen-bond donors (Lipinski definition) is 0. The third-order valence-corrected chi connectivity index (χ3v) is 4.04. The number of thiazole rings is 1. The predicted octanol–water partition coefficient (Wildman–Crippen LogP) is 3.59. The number of halogens is 2. The van der Waals surface area contributed by atoms with Crippen molar-refractivity contribution in [3.05, 3.63) is 52.0 Å². The molecular weight excluding hydrogens is 266 g/mol. The molecular formula is C14H14F2N2S. The summed E-state index contributed by atoms with van der Waals surface area (Å²) >= 11 is 1.61. The lowest BCUT2D eigenvalue weighted by Crippen LogP contribution is -2.25. The van der Waals surface area contributed by atoms with Crippen LogP contribution in [-0.4, -0.2) is 15.9 Å². The van der Waals surface area contributed by atoms with E-state index in [9.17, 15) is 8.78 Å². The Morgan fingerprint density at radius 3 is 2.74 bits per heavy atom. The van der Waals surface area contributed by atoms with Gasteiger partial charge in [0.15, 0.2) is 0 Å². The molecule has 2 aromatic rings. The quantitative estimate of drug-likeness (QED) is 0.832. The van der Waals surface area contributed by atoms with Crippen molar-refractivity contribution in [3.8, 4) is 0 Å². The van der Waals surface area contributed by atoms with Crippen LogP contribution in [0.4, 0.5) is 8.78 Å². The van der Waals surface area contributed by atoms with Crippen LogP contribution in [0.3, 0.4) is 0 Å². The molecule has 2 nitrogen and oxygen atoms in total. The monoisotopic (exact) mass is 280 g/mol. The van der Waals surface area contributed by atoms with E-state index in [-0.39, 0.29) is 0 Å². The normalized spacial score (nSPS) is 15.1. The molecule has 1 aliphatic rings. The maximum Gasteiger partial charge on any atom is 0.130 e. The highest BCUT2D eigenvalue weighted by Crippen LogP contribution is 2.30. The summed E-state index contributed by atoms with van der Waals surface area (Å²) in [4.78, 5) is 6.48. The molecule has 3 rings (SSSR count). The minimum Gasteiger partial charge on any atom is -0.289 e. The predicted molar refractivity (Wildman–Crippen MR) is 70.7 cm³/mol.